The maximum Gasteiger partial charge on any atom is 0.191 e. The number of phenolic OH excluding ortho intramolecular Hbond substituents is 1. The number of H-pyrrole nitrogens is 1. The molecule has 0 aliphatic heterocycles. The molecule has 1 atom stereocenters. The molecular weight excluding hydrogens is 194 g/mol. The van der Waals surface area contributed by atoms with Gasteiger partial charge in [0, 0.05) is 0 Å². The lowest BCUT2D eigenvalue weighted by Crippen LogP contribution is -2.15. The molecule has 0 fully saturated rings. The molecule has 1 unspecified atom stereocenters. The molecule has 0 spiro atoms. The number of hydrogen-bond donors (Lipinski definition) is 3. The highest BCUT2D eigenvalue weighted by atomic mass is 16.3. The van der Waals surface area contributed by atoms with Crippen molar-refractivity contribution < 1.29 is 5.11 Å². The smallest absolute Gasteiger partial charge is 0.191 e. The maximum atomic E-state index is 9.10. The Bertz CT molecular complexity index is 411. The van der Waals surface area contributed by atoms with Gasteiger partial charge < -0.3 is 10.8 Å². The zero-order valence-electron chi connectivity index (χ0n) is 7.96. The molecule has 0 aliphatic rings. The zero-order chi connectivity index (χ0) is 10.7. The topological polar surface area (TPSA) is 101 Å². The van der Waals surface area contributed by atoms with Crippen LogP contribution in [0.25, 0.3) is 0 Å². The van der Waals surface area contributed by atoms with Crippen molar-refractivity contribution >= 4 is 0 Å². The van der Waals surface area contributed by atoms with Crippen LogP contribution in [0.2, 0.25) is 0 Å². The summed E-state index contributed by atoms with van der Waals surface area (Å²) in [5.74, 6) is 0.731. The lowest BCUT2D eigenvalue weighted by molar-refractivity contribution is 0.475. The van der Waals surface area contributed by atoms with Gasteiger partial charge in [-0.3, -0.25) is 0 Å². The van der Waals surface area contributed by atoms with Crippen LogP contribution in [0.5, 0.6) is 5.75 Å². The molecule has 1 aromatic carbocycles. The Morgan fingerprint density at radius 2 is 2.07 bits per heavy atom. The fourth-order valence-corrected chi connectivity index (χ4v) is 1.30. The third-order valence-electron chi connectivity index (χ3n) is 2.09. The van der Waals surface area contributed by atoms with Crippen LogP contribution in [0.1, 0.15) is 17.4 Å². The maximum absolute atomic E-state index is 9.10. The third-order valence-corrected chi connectivity index (χ3v) is 2.09. The molecule has 2 aromatic rings. The van der Waals surface area contributed by atoms with Crippen molar-refractivity contribution in [3.05, 3.63) is 35.7 Å². The molecule has 1 heterocycles. The minimum absolute atomic E-state index is 0.242. The van der Waals surface area contributed by atoms with E-state index in [1.54, 1.807) is 12.1 Å². The van der Waals surface area contributed by atoms with Gasteiger partial charge in [-0.05, 0) is 24.1 Å². The Kier molecular flexibility index (Phi) is 2.59. The first-order chi connectivity index (χ1) is 7.25. The van der Waals surface area contributed by atoms with Gasteiger partial charge in [0.05, 0.1) is 6.04 Å². The minimum atomic E-state index is -0.284. The molecular formula is C9H11N5O. The fraction of sp³-hybridized carbons (Fsp3) is 0.222. The van der Waals surface area contributed by atoms with E-state index in [2.05, 4.69) is 20.6 Å². The lowest BCUT2D eigenvalue weighted by atomic mass is 10.1. The van der Waals surface area contributed by atoms with Gasteiger partial charge in [0.2, 0.25) is 0 Å². The first-order valence-electron chi connectivity index (χ1n) is 4.52. The number of nitrogens with one attached hydrogen (secondary N) is 1. The molecule has 6 nitrogen and oxygen atoms in total. The summed E-state index contributed by atoms with van der Waals surface area (Å²) in [4.78, 5) is 0. The highest BCUT2D eigenvalue weighted by Gasteiger charge is 2.11. The van der Waals surface area contributed by atoms with E-state index in [1.807, 2.05) is 12.1 Å². The summed E-state index contributed by atoms with van der Waals surface area (Å²) >= 11 is 0. The molecule has 0 amide bonds. The molecule has 78 valence electrons. The molecule has 0 bridgehead atoms. The van der Waals surface area contributed by atoms with Gasteiger partial charge in [-0.1, -0.05) is 17.3 Å². The van der Waals surface area contributed by atoms with Gasteiger partial charge in [0.1, 0.15) is 5.75 Å². The highest BCUT2D eigenvalue weighted by Crippen LogP contribution is 2.14. The molecule has 0 aliphatic carbocycles. The van der Waals surface area contributed by atoms with Crippen molar-refractivity contribution in [2.45, 2.75) is 12.5 Å². The van der Waals surface area contributed by atoms with Crippen LogP contribution in [0.4, 0.5) is 0 Å². The third kappa shape index (κ3) is 2.29. The summed E-state index contributed by atoms with van der Waals surface area (Å²) in [6.45, 7) is 0. The standard InChI is InChI=1S/C9H11N5O/c10-8(9-11-13-14-12-9)5-6-1-3-7(15)4-2-6/h1-4,8,15H,5,10H2,(H,11,12,13,14). The van der Waals surface area contributed by atoms with E-state index >= 15 is 0 Å². The van der Waals surface area contributed by atoms with Gasteiger partial charge in [-0.25, -0.2) is 0 Å². The van der Waals surface area contributed by atoms with E-state index in [0.717, 1.165) is 5.56 Å². The Hall–Kier alpha value is -1.95. The quantitative estimate of drug-likeness (QED) is 0.662. The first kappa shape index (κ1) is 9.60. The minimum Gasteiger partial charge on any atom is -0.508 e. The van der Waals surface area contributed by atoms with Crippen molar-refractivity contribution in [2.75, 3.05) is 0 Å². The Labute approximate surface area is 86.1 Å². The molecule has 0 saturated carbocycles. The molecule has 0 saturated heterocycles. The van der Waals surface area contributed by atoms with E-state index in [0.29, 0.717) is 12.2 Å². The number of benzene rings is 1. The summed E-state index contributed by atoms with van der Waals surface area (Å²) in [6.07, 6.45) is 0.611. The predicted octanol–water partition coefficient (Wildman–Crippen LogP) is 0.148. The number of aromatic hydroxyl groups is 1. The second-order valence-electron chi connectivity index (χ2n) is 3.25. The van der Waals surface area contributed by atoms with Gasteiger partial charge in [-0.2, -0.15) is 5.21 Å². The monoisotopic (exact) mass is 205 g/mol. The molecule has 2 rings (SSSR count). The average molecular weight is 205 g/mol. The predicted molar refractivity (Wildman–Crippen MR) is 52.9 cm³/mol. The van der Waals surface area contributed by atoms with E-state index < -0.39 is 0 Å². The molecule has 0 radical (unpaired) electrons. The molecule has 6 heteroatoms. The highest BCUT2D eigenvalue weighted by molar-refractivity contribution is 5.26. The van der Waals surface area contributed by atoms with Crippen molar-refractivity contribution in [2.24, 2.45) is 5.73 Å². The van der Waals surface area contributed by atoms with Crippen LogP contribution in [-0.2, 0) is 6.42 Å². The number of aromatic amines is 1. The Morgan fingerprint density at radius 1 is 1.33 bits per heavy atom. The number of nitrogens with two attached hydrogens (primary N) is 1. The van der Waals surface area contributed by atoms with Crippen molar-refractivity contribution in [3.63, 3.8) is 0 Å². The number of hydrogen-bond acceptors (Lipinski definition) is 5. The second kappa shape index (κ2) is 4.05. The summed E-state index contributed by atoms with van der Waals surface area (Å²) in [7, 11) is 0. The summed E-state index contributed by atoms with van der Waals surface area (Å²) in [6, 6.07) is 6.59. The van der Waals surface area contributed by atoms with Crippen LogP contribution >= 0.6 is 0 Å². The lowest BCUT2D eigenvalue weighted by Gasteiger charge is -2.06. The summed E-state index contributed by atoms with van der Waals surface area (Å²) < 4.78 is 0. The first-order valence-corrected chi connectivity index (χ1v) is 4.52. The number of phenols is 1. The largest absolute Gasteiger partial charge is 0.508 e. The van der Waals surface area contributed by atoms with E-state index in [1.165, 1.54) is 0 Å². The van der Waals surface area contributed by atoms with Gasteiger partial charge >= 0.3 is 0 Å². The zero-order valence-corrected chi connectivity index (χ0v) is 7.96. The Morgan fingerprint density at radius 3 is 2.67 bits per heavy atom. The molecule has 1 aromatic heterocycles. The van der Waals surface area contributed by atoms with Gasteiger partial charge in [0.15, 0.2) is 5.82 Å². The number of tetrazole rings is 1. The fourth-order valence-electron chi connectivity index (χ4n) is 1.30. The molecule has 4 N–H and O–H groups in total. The Balaban J connectivity index is 2.06. The normalized spacial score (nSPS) is 12.6. The van der Waals surface area contributed by atoms with Crippen LogP contribution in [0.3, 0.4) is 0 Å². The van der Waals surface area contributed by atoms with Gasteiger partial charge in [0.25, 0.3) is 0 Å². The van der Waals surface area contributed by atoms with Crippen LogP contribution < -0.4 is 5.73 Å². The molecule has 15 heavy (non-hydrogen) atoms. The van der Waals surface area contributed by atoms with Crippen LogP contribution in [0.15, 0.2) is 24.3 Å². The summed E-state index contributed by atoms with van der Waals surface area (Å²) in [5, 5.41) is 22.5. The van der Waals surface area contributed by atoms with E-state index in [9.17, 15) is 0 Å². The second-order valence-corrected chi connectivity index (χ2v) is 3.25. The average Bonchev–Trinajstić information content (AvgIpc) is 2.74. The number of nitrogens with zero attached hydrogens (tertiary/aromatic N) is 3. The van der Waals surface area contributed by atoms with Crippen LogP contribution in [-0.4, -0.2) is 25.7 Å². The van der Waals surface area contributed by atoms with Crippen LogP contribution in [0, 0.1) is 0 Å². The van der Waals surface area contributed by atoms with E-state index in [4.69, 9.17) is 10.8 Å². The van der Waals surface area contributed by atoms with Crippen molar-refractivity contribution in [3.8, 4) is 5.75 Å². The SMILES string of the molecule is NC(Cc1ccc(O)cc1)c1nn[nH]n1. The van der Waals surface area contributed by atoms with Crippen molar-refractivity contribution in [1.82, 2.24) is 20.6 Å². The number of aromatic nitrogens is 4. The van der Waals surface area contributed by atoms with Gasteiger partial charge in [-0.15, -0.1) is 10.2 Å². The summed E-state index contributed by atoms with van der Waals surface area (Å²) in [5.41, 5.74) is 6.88. The van der Waals surface area contributed by atoms with E-state index in [-0.39, 0.29) is 11.8 Å². The van der Waals surface area contributed by atoms with Crippen molar-refractivity contribution in [1.29, 1.82) is 0 Å². The number of rotatable bonds is 3.